The summed E-state index contributed by atoms with van der Waals surface area (Å²) in [6.07, 6.45) is 0.803. The lowest BCUT2D eigenvalue weighted by Crippen LogP contribution is -2.31. The van der Waals surface area contributed by atoms with Crippen molar-refractivity contribution in [1.82, 2.24) is 20.5 Å². The molecule has 2 N–H and O–H groups in total. The molecular formula is C14H18N4O2S2. The Labute approximate surface area is 136 Å². The van der Waals surface area contributed by atoms with Crippen LogP contribution in [0.15, 0.2) is 15.2 Å². The number of hydrogen-bond acceptors (Lipinski definition) is 6. The monoisotopic (exact) mass is 338 g/mol. The number of nitrogens with one attached hydrogen (secondary N) is 2. The normalized spacial score (nSPS) is 10.7. The van der Waals surface area contributed by atoms with Gasteiger partial charge in [0.05, 0.1) is 0 Å². The van der Waals surface area contributed by atoms with Gasteiger partial charge >= 0.3 is 0 Å². The summed E-state index contributed by atoms with van der Waals surface area (Å²) in [5, 5.41) is 11.7. The first-order valence-electron chi connectivity index (χ1n) is 6.89. The predicted molar refractivity (Wildman–Crippen MR) is 88.9 cm³/mol. The number of rotatable bonds is 6. The zero-order valence-corrected chi connectivity index (χ0v) is 14.4. The zero-order chi connectivity index (χ0) is 16.1. The van der Waals surface area contributed by atoms with Gasteiger partial charge in [-0.25, -0.2) is 0 Å². The van der Waals surface area contributed by atoms with Crippen molar-refractivity contribution in [3.05, 3.63) is 38.2 Å². The molecule has 2 heterocycles. The van der Waals surface area contributed by atoms with Gasteiger partial charge in [-0.2, -0.15) is 0 Å². The molecule has 2 rings (SSSR count). The Bertz CT molecular complexity index is 724. The van der Waals surface area contributed by atoms with E-state index in [1.165, 1.54) is 0 Å². The fraction of sp³-hybridized carbons (Fsp3) is 0.429. The van der Waals surface area contributed by atoms with Crippen molar-refractivity contribution < 1.29 is 4.79 Å². The minimum Gasteiger partial charge on any atom is -0.352 e. The molecule has 0 radical (unpaired) electrons. The van der Waals surface area contributed by atoms with Crippen molar-refractivity contribution in [2.24, 2.45) is 0 Å². The number of nitrogens with zero attached hydrogens (tertiary/aromatic N) is 2. The summed E-state index contributed by atoms with van der Waals surface area (Å²) in [6.45, 7) is 6.12. The Morgan fingerprint density at radius 3 is 2.82 bits per heavy atom. The highest BCUT2D eigenvalue weighted by atomic mass is 32.2. The van der Waals surface area contributed by atoms with Crippen LogP contribution < -0.4 is 10.9 Å². The van der Waals surface area contributed by atoms with Crippen LogP contribution in [0.3, 0.4) is 0 Å². The first kappa shape index (κ1) is 16.7. The van der Waals surface area contributed by atoms with Crippen molar-refractivity contribution in [2.45, 2.75) is 31.5 Å². The third-order valence-electron chi connectivity index (χ3n) is 3.08. The van der Waals surface area contributed by atoms with Gasteiger partial charge < -0.3 is 10.3 Å². The molecule has 0 fully saturated rings. The van der Waals surface area contributed by atoms with E-state index in [9.17, 15) is 9.59 Å². The lowest BCUT2D eigenvalue weighted by molar-refractivity contribution is 0.0952. The maximum Gasteiger partial charge on any atom is 0.261 e. The highest BCUT2D eigenvalue weighted by Gasteiger charge is 2.11. The number of amides is 1. The molecule has 0 aliphatic rings. The van der Waals surface area contributed by atoms with Gasteiger partial charge in [-0.05, 0) is 38.8 Å². The van der Waals surface area contributed by atoms with Gasteiger partial charge in [-0.15, -0.1) is 10.2 Å². The summed E-state index contributed by atoms with van der Waals surface area (Å²) in [7, 11) is 0. The van der Waals surface area contributed by atoms with Crippen LogP contribution >= 0.6 is 23.1 Å². The highest BCUT2D eigenvalue weighted by molar-refractivity contribution is 8.01. The lowest BCUT2D eigenvalue weighted by atomic mass is 10.1. The number of carbonyl (C=O) groups excluding carboxylic acids is 1. The predicted octanol–water partition coefficient (Wildman–Crippen LogP) is 2.06. The minimum atomic E-state index is -0.348. The summed E-state index contributed by atoms with van der Waals surface area (Å²) < 4.78 is 0.939. The van der Waals surface area contributed by atoms with Gasteiger partial charge in [0.15, 0.2) is 4.34 Å². The molecule has 1 amide bonds. The SMILES string of the molecule is Cc1nnc(SCCCNC(=O)c2cc(C)c(C)[nH]c2=O)s1. The van der Waals surface area contributed by atoms with Crippen molar-refractivity contribution in [1.29, 1.82) is 0 Å². The molecule has 6 nitrogen and oxygen atoms in total. The molecule has 22 heavy (non-hydrogen) atoms. The van der Waals surface area contributed by atoms with Crippen LogP contribution in [0.25, 0.3) is 0 Å². The molecule has 8 heteroatoms. The second-order valence-electron chi connectivity index (χ2n) is 4.87. The molecule has 0 aromatic carbocycles. The molecular weight excluding hydrogens is 320 g/mol. The highest BCUT2D eigenvalue weighted by Crippen LogP contribution is 2.21. The van der Waals surface area contributed by atoms with Crippen LogP contribution in [-0.4, -0.2) is 33.4 Å². The average molecular weight is 338 g/mol. The minimum absolute atomic E-state index is 0.163. The number of aromatic amines is 1. The van der Waals surface area contributed by atoms with Crippen molar-refractivity contribution in [3.8, 4) is 0 Å². The van der Waals surface area contributed by atoms with Crippen molar-refractivity contribution >= 4 is 29.0 Å². The third kappa shape index (κ3) is 4.41. The number of aromatic nitrogens is 3. The Hall–Kier alpha value is -1.67. The molecule has 0 unspecified atom stereocenters. The molecule has 2 aromatic rings. The lowest BCUT2D eigenvalue weighted by Gasteiger charge is -2.06. The molecule has 0 saturated heterocycles. The fourth-order valence-electron chi connectivity index (χ4n) is 1.76. The summed E-state index contributed by atoms with van der Waals surface area (Å²) in [5.74, 6) is 0.513. The number of hydrogen-bond donors (Lipinski definition) is 2. The van der Waals surface area contributed by atoms with Gasteiger partial charge in [-0.1, -0.05) is 23.1 Å². The van der Waals surface area contributed by atoms with Gasteiger partial charge in [-0.3, -0.25) is 9.59 Å². The molecule has 2 aromatic heterocycles. The van der Waals surface area contributed by atoms with E-state index in [0.717, 1.165) is 32.8 Å². The van der Waals surface area contributed by atoms with Gasteiger partial charge in [0.1, 0.15) is 10.6 Å². The van der Waals surface area contributed by atoms with E-state index >= 15 is 0 Å². The van der Waals surface area contributed by atoms with Crippen LogP contribution in [0, 0.1) is 20.8 Å². The van der Waals surface area contributed by atoms with Crippen molar-refractivity contribution in [2.75, 3.05) is 12.3 Å². The van der Waals surface area contributed by atoms with E-state index in [1.54, 1.807) is 29.2 Å². The smallest absolute Gasteiger partial charge is 0.261 e. The molecule has 0 aliphatic carbocycles. The maximum absolute atomic E-state index is 12.0. The first-order chi connectivity index (χ1) is 10.5. The molecule has 0 saturated carbocycles. The second kappa shape index (κ2) is 7.55. The van der Waals surface area contributed by atoms with Gasteiger partial charge in [0, 0.05) is 18.0 Å². The Balaban J connectivity index is 1.78. The topological polar surface area (TPSA) is 87.7 Å². The van der Waals surface area contributed by atoms with Gasteiger partial charge in [0.2, 0.25) is 0 Å². The van der Waals surface area contributed by atoms with E-state index in [-0.39, 0.29) is 17.0 Å². The summed E-state index contributed by atoms with van der Waals surface area (Å²) in [4.78, 5) is 26.5. The largest absolute Gasteiger partial charge is 0.352 e. The maximum atomic E-state index is 12.0. The zero-order valence-electron chi connectivity index (χ0n) is 12.7. The van der Waals surface area contributed by atoms with E-state index in [0.29, 0.717) is 6.54 Å². The summed E-state index contributed by atoms with van der Waals surface area (Å²) in [5.41, 5.74) is 1.49. The Morgan fingerprint density at radius 1 is 1.36 bits per heavy atom. The van der Waals surface area contributed by atoms with E-state index < -0.39 is 0 Å². The fourth-order valence-corrected chi connectivity index (χ4v) is 3.59. The van der Waals surface area contributed by atoms with E-state index in [4.69, 9.17) is 0 Å². The number of H-pyrrole nitrogens is 1. The van der Waals surface area contributed by atoms with E-state index in [1.807, 2.05) is 20.8 Å². The number of thioether (sulfide) groups is 1. The quantitative estimate of drug-likeness (QED) is 0.622. The Kier molecular flexibility index (Phi) is 5.73. The molecule has 118 valence electrons. The summed E-state index contributed by atoms with van der Waals surface area (Å²) in [6, 6.07) is 1.63. The van der Waals surface area contributed by atoms with Crippen molar-refractivity contribution in [3.63, 3.8) is 0 Å². The van der Waals surface area contributed by atoms with Crippen LogP contribution in [-0.2, 0) is 0 Å². The average Bonchev–Trinajstić information content (AvgIpc) is 2.88. The first-order valence-corrected chi connectivity index (χ1v) is 8.69. The molecule has 0 spiro atoms. The van der Waals surface area contributed by atoms with Crippen LogP contribution in [0.1, 0.15) is 33.0 Å². The molecule has 0 atom stereocenters. The van der Waals surface area contributed by atoms with Crippen LogP contribution in [0.2, 0.25) is 0 Å². The van der Waals surface area contributed by atoms with Crippen LogP contribution in [0.4, 0.5) is 0 Å². The van der Waals surface area contributed by atoms with Gasteiger partial charge in [0.25, 0.3) is 11.5 Å². The second-order valence-corrected chi connectivity index (χ2v) is 7.39. The summed E-state index contributed by atoms with van der Waals surface area (Å²) >= 11 is 3.18. The van der Waals surface area contributed by atoms with E-state index in [2.05, 4.69) is 20.5 Å². The Morgan fingerprint density at radius 2 is 2.14 bits per heavy atom. The molecule has 0 aliphatic heterocycles. The molecule has 0 bridgehead atoms. The number of carbonyl (C=O) groups is 1. The standard InChI is InChI=1S/C14H18N4O2S2/c1-8-7-11(13(20)16-9(8)2)12(19)15-5-4-6-21-14-18-17-10(3)22-14/h7H,4-6H2,1-3H3,(H,15,19)(H,16,20). The third-order valence-corrected chi connectivity index (χ3v) is 5.14. The number of pyridine rings is 1. The number of aryl methyl sites for hydroxylation is 3. The van der Waals surface area contributed by atoms with Crippen LogP contribution in [0.5, 0.6) is 0 Å².